The fourth-order valence-electron chi connectivity index (χ4n) is 1.36. The highest BCUT2D eigenvalue weighted by Gasteiger charge is 2.15. The summed E-state index contributed by atoms with van der Waals surface area (Å²) < 4.78 is 0. The lowest BCUT2D eigenvalue weighted by Gasteiger charge is -2.21. The lowest BCUT2D eigenvalue weighted by Crippen LogP contribution is -2.23. The number of hydrogen-bond donors (Lipinski definition) is 2. The number of aromatic nitrogens is 1. The summed E-state index contributed by atoms with van der Waals surface area (Å²) in [7, 11) is 0. The Balaban J connectivity index is 2.44. The maximum Gasteiger partial charge on any atom is 0.0802 e. The van der Waals surface area contributed by atoms with Crippen molar-refractivity contribution >= 4 is 5.69 Å². The molecule has 0 radical (unpaired) electrons. The summed E-state index contributed by atoms with van der Waals surface area (Å²) in [5, 5.41) is 3.25. The molecule has 3 nitrogen and oxygen atoms in total. The zero-order valence-corrected chi connectivity index (χ0v) is 6.25. The molecule has 0 saturated heterocycles. The van der Waals surface area contributed by atoms with Gasteiger partial charge in [0.1, 0.15) is 0 Å². The third kappa shape index (κ3) is 1.07. The standard InChI is InChI=1S/C8H11N3/c9-6-3-5-10-7-2-1-4-11-8(6)7/h1-2,4,6,10H,3,5,9H2. The van der Waals surface area contributed by atoms with Crippen LogP contribution in [0.1, 0.15) is 18.2 Å². The van der Waals surface area contributed by atoms with E-state index in [9.17, 15) is 0 Å². The quantitative estimate of drug-likeness (QED) is 0.576. The summed E-state index contributed by atoms with van der Waals surface area (Å²) >= 11 is 0. The second-order valence-corrected chi connectivity index (χ2v) is 2.76. The molecular weight excluding hydrogens is 138 g/mol. The van der Waals surface area contributed by atoms with E-state index in [1.54, 1.807) is 6.20 Å². The number of rotatable bonds is 0. The first-order chi connectivity index (χ1) is 5.38. The average molecular weight is 149 g/mol. The summed E-state index contributed by atoms with van der Waals surface area (Å²) in [6.07, 6.45) is 2.76. The molecule has 3 heteroatoms. The van der Waals surface area contributed by atoms with Gasteiger partial charge in [0.15, 0.2) is 0 Å². The smallest absolute Gasteiger partial charge is 0.0802 e. The largest absolute Gasteiger partial charge is 0.383 e. The summed E-state index contributed by atoms with van der Waals surface area (Å²) in [5.74, 6) is 0. The number of hydrogen-bond acceptors (Lipinski definition) is 3. The number of pyridine rings is 1. The van der Waals surface area contributed by atoms with Crippen molar-refractivity contribution in [1.29, 1.82) is 0 Å². The van der Waals surface area contributed by atoms with Gasteiger partial charge in [0.25, 0.3) is 0 Å². The molecule has 3 N–H and O–H groups in total. The lowest BCUT2D eigenvalue weighted by molar-refractivity contribution is 0.634. The molecule has 0 saturated carbocycles. The van der Waals surface area contributed by atoms with E-state index in [2.05, 4.69) is 10.3 Å². The number of nitrogens with one attached hydrogen (secondary N) is 1. The van der Waals surface area contributed by atoms with Gasteiger partial charge in [0.2, 0.25) is 0 Å². The van der Waals surface area contributed by atoms with Gasteiger partial charge in [0.05, 0.1) is 17.4 Å². The molecule has 2 rings (SSSR count). The van der Waals surface area contributed by atoms with Crippen LogP contribution in [0.3, 0.4) is 0 Å². The predicted octanol–water partition coefficient (Wildman–Crippen LogP) is 0.897. The van der Waals surface area contributed by atoms with Gasteiger partial charge in [-0.1, -0.05) is 0 Å². The number of nitrogens with two attached hydrogens (primary N) is 1. The van der Waals surface area contributed by atoms with Crippen LogP contribution in [-0.4, -0.2) is 11.5 Å². The Morgan fingerprint density at radius 2 is 2.55 bits per heavy atom. The number of fused-ring (bicyclic) bond motifs is 1. The van der Waals surface area contributed by atoms with E-state index in [4.69, 9.17) is 5.73 Å². The van der Waals surface area contributed by atoms with Gasteiger partial charge in [-0.25, -0.2) is 0 Å². The highest BCUT2D eigenvalue weighted by molar-refractivity contribution is 5.50. The summed E-state index contributed by atoms with van der Waals surface area (Å²) in [6, 6.07) is 4.05. The Bertz CT molecular complexity index is 259. The van der Waals surface area contributed by atoms with Crippen LogP contribution >= 0.6 is 0 Å². The maximum atomic E-state index is 5.84. The van der Waals surface area contributed by atoms with Gasteiger partial charge in [-0.2, -0.15) is 0 Å². The van der Waals surface area contributed by atoms with Crippen molar-refractivity contribution in [3.63, 3.8) is 0 Å². The minimum absolute atomic E-state index is 0.118. The molecule has 1 aliphatic heterocycles. The molecule has 1 aromatic heterocycles. The zero-order valence-electron chi connectivity index (χ0n) is 6.25. The Kier molecular flexibility index (Phi) is 1.51. The average Bonchev–Trinajstić information content (AvgIpc) is 2.06. The highest BCUT2D eigenvalue weighted by Crippen LogP contribution is 2.24. The molecular formula is C8H11N3. The highest BCUT2D eigenvalue weighted by atomic mass is 14.9. The maximum absolute atomic E-state index is 5.84. The summed E-state index contributed by atoms with van der Waals surface area (Å²) in [5.41, 5.74) is 7.93. The van der Waals surface area contributed by atoms with E-state index < -0.39 is 0 Å². The van der Waals surface area contributed by atoms with Crippen LogP contribution in [-0.2, 0) is 0 Å². The molecule has 2 heterocycles. The fourth-order valence-corrected chi connectivity index (χ4v) is 1.36. The molecule has 1 atom stereocenters. The molecule has 11 heavy (non-hydrogen) atoms. The first-order valence-corrected chi connectivity index (χ1v) is 3.82. The van der Waals surface area contributed by atoms with E-state index in [-0.39, 0.29) is 6.04 Å². The van der Waals surface area contributed by atoms with Crippen LogP contribution in [0.2, 0.25) is 0 Å². The molecule has 1 aromatic rings. The molecule has 1 aliphatic rings. The van der Waals surface area contributed by atoms with E-state index in [0.29, 0.717) is 0 Å². The summed E-state index contributed by atoms with van der Waals surface area (Å²) in [4.78, 5) is 4.21. The van der Waals surface area contributed by atoms with Crippen molar-refractivity contribution in [3.05, 3.63) is 24.0 Å². The Morgan fingerprint density at radius 1 is 1.64 bits per heavy atom. The molecule has 0 spiro atoms. The van der Waals surface area contributed by atoms with Crippen LogP contribution in [0.25, 0.3) is 0 Å². The van der Waals surface area contributed by atoms with Gasteiger partial charge in [-0.3, -0.25) is 4.98 Å². The SMILES string of the molecule is NC1CCNc2cccnc21. The minimum atomic E-state index is 0.118. The van der Waals surface area contributed by atoms with Crippen LogP contribution in [0, 0.1) is 0 Å². The van der Waals surface area contributed by atoms with E-state index in [0.717, 1.165) is 24.3 Å². The first-order valence-electron chi connectivity index (χ1n) is 3.82. The molecule has 0 aliphatic carbocycles. The van der Waals surface area contributed by atoms with Crippen molar-refractivity contribution < 1.29 is 0 Å². The molecule has 1 unspecified atom stereocenters. The topological polar surface area (TPSA) is 50.9 Å². The lowest BCUT2D eigenvalue weighted by atomic mass is 10.1. The summed E-state index contributed by atoms with van der Waals surface area (Å²) in [6.45, 7) is 0.958. The van der Waals surface area contributed by atoms with Crippen molar-refractivity contribution in [2.75, 3.05) is 11.9 Å². The van der Waals surface area contributed by atoms with Gasteiger partial charge in [0, 0.05) is 12.7 Å². The molecule has 0 bridgehead atoms. The zero-order chi connectivity index (χ0) is 7.68. The van der Waals surface area contributed by atoms with Gasteiger partial charge in [-0.05, 0) is 18.6 Å². The van der Waals surface area contributed by atoms with Crippen LogP contribution in [0.5, 0.6) is 0 Å². The fraction of sp³-hybridized carbons (Fsp3) is 0.375. The monoisotopic (exact) mass is 149 g/mol. The van der Waals surface area contributed by atoms with Crippen molar-refractivity contribution in [2.24, 2.45) is 5.73 Å². The normalized spacial score (nSPS) is 22.1. The second kappa shape index (κ2) is 2.51. The van der Waals surface area contributed by atoms with Crippen molar-refractivity contribution in [1.82, 2.24) is 4.98 Å². The Labute approximate surface area is 65.6 Å². The van der Waals surface area contributed by atoms with Gasteiger partial charge >= 0.3 is 0 Å². The molecule has 0 amide bonds. The number of anilines is 1. The van der Waals surface area contributed by atoms with E-state index >= 15 is 0 Å². The molecule has 0 aromatic carbocycles. The van der Waals surface area contributed by atoms with Crippen LogP contribution in [0.4, 0.5) is 5.69 Å². The van der Waals surface area contributed by atoms with Gasteiger partial charge in [-0.15, -0.1) is 0 Å². The third-order valence-corrected chi connectivity index (χ3v) is 1.96. The van der Waals surface area contributed by atoms with Crippen molar-refractivity contribution in [3.8, 4) is 0 Å². The predicted molar refractivity (Wildman–Crippen MR) is 44.3 cm³/mol. The molecule has 58 valence electrons. The van der Waals surface area contributed by atoms with Crippen LogP contribution in [0.15, 0.2) is 18.3 Å². The minimum Gasteiger partial charge on any atom is -0.383 e. The van der Waals surface area contributed by atoms with Crippen molar-refractivity contribution in [2.45, 2.75) is 12.5 Å². The van der Waals surface area contributed by atoms with E-state index in [1.165, 1.54) is 0 Å². The van der Waals surface area contributed by atoms with E-state index in [1.807, 2.05) is 12.1 Å². The van der Waals surface area contributed by atoms with Gasteiger partial charge < -0.3 is 11.1 Å². The second-order valence-electron chi connectivity index (χ2n) is 2.76. The third-order valence-electron chi connectivity index (χ3n) is 1.96. The van der Waals surface area contributed by atoms with Crippen LogP contribution < -0.4 is 11.1 Å². The Morgan fingerprint density at radius 3 is 3.36 bits per heavy atom. The molecule has 0 fully saturated rings. The number of nitrogens with zero attached hydrogens (tertiary/aromatic N) is 1. The first kappa shape index (κ1) is 6.61. The Hall–Kier alpha value is -1.09.